The maximum atomic E-state index is 8.77. The highest BCUT2D eigenvalue weighted by atomic mass is 79.9. The van der Waals surface area contributed by atoms with Gasteiger partial charge in [0, 0.05) is 11.4 Å². The monoisotopic (exact) mass is 206 g/mol. The summed E-state index contributed by atoms with van der Waals surface area (Å²) in [5.41, 5.74) is 0.692. The molecule has 0 saturated heterocycles. The summed E-state index contributed by atoms with van der Waals surface area (Å²) in [5.74, 6) is 0. The van der Waals surface area contributed by atoms with Gasteiger partial charge in [0.15, 0.2) is 0 Å². The van der Waals surface area contributed by atoms with E-state index in [2.05, 4.69) is 36.7 Å². The molecule has 2 heteroatoms. The molecule has 0 aromatic rings. The molecule has 10 heavy (non-hydrogen) atoms. The molecule has 0 aromatic heterocycles. The lowest BCUT2D eigenvalue weighted by Gasteiger charge is -2.10. The van der Waals surface area contributed by atoms with Gasteiger partial charge in [-0.25, -0.2) is 0 Å². The lowest BCUT2D eigenvalue weighted by Crippen LogP contribution is -2.05. The van der Waals surface area contributed by atoms with Crippen LogP contribution in [-0.4, -0.2) is 16.5 Å². The summed E-state index contributed by atoms with van der Waals surface area (Å²) in [7, 11) is 0. The quantitative estimate of drug-likeness (QED) is 0.688. The Bertz CT molecular complexity index is 144. The number of halogens is 1. The fraction of sp³-hybridized carbons (Fsp3) is 1.00. The molecule has 0 bridgehead atoms. The van der Waals surface area contributed by atoms with Gasteiger partial charge < -0.3 is 5.11 Å². The van der Waals surface area contributed by atoms with Gasteiger partial charge >= 0.3 is 0 Å². The molecular weight excluding hydrogens is 192 g/mol. The van der Waals surface area contributed by atoms with Crippen LogP contribution in [-0.2, 0) is 0 Å². The van der Waals surface area contributed by atoms with Gasteiger partial charge in [-0.05, 0) is 17.3 Å². The summed E-state index contributed by atoms with van der Waals surface area (Å²) >= 11 is 3.62. The summed E-state index contributed by atoms with van der Waals surface area (Å²) in [5, 5.41) is 8.77. The van der Waals surface area contributed by atoms with Gasteiger partial charge in [0.1, 0.15) is 0 Å². The average Bonchev–Trinajstić information content (AvgIpc) is 2.17. The number of hydrogen-bond donors (Lipinski definition) is 1. The van der Waals surface area contributed by atoms with Crippen LogP contribution in [0.3, 0.4) is 0 Å². The van der Waals surface area contributed by atoms with Crippen LogP contribution in [0, 0.1) is 10.8 Å². The maximum Gasteiger partial charge on any atom is 0.0436 e. The molecule has 1 saturated carbocycles. The summed E-state index contributed by atoms with van der Waals surface area (Å²) in [6.07, 6.45) is 0.913. The van der Waals surface area contributed by atoms with Gasteiger partial charge in [-0.2, -0.15) is 0 Å². The van der Waals surface area contributed by atoms with Crippen molar-refractivity contribution < 1.29 is 5.11 Å². The van der Waals surface area contributed by atoms with E-state index in [0.717, 1.165) is 6.42 Å². The van der Waals surface area contributed by atoms with Gasteiger partial charge in [0.05, 0.1) is 0 Å². The summed E-state index contributed by atoms with van der Waals surface area (Å²) in [6, 6.07) is 0. The molecule has 0 aromatic carbocycles. The first kappa shape index (κ1) is 8.54. The number of hydrogen-bond acceptors (Lipinski definition) is 1. The van der Waals surface area contributed by atoms with Crippen molar-refractivity contribution in [3.63, 3.8) is 0 Å². The second-order valence-corrected chi connectivity index (χ2v) is 4.89. The SMILES string of the molecule is CC1(C)C(Br)C1(C)CCO. The van der Waals surface area contributed by atoms with Crippen molar-refractivity contribution in [2.24, 2.45) is 10.8 Å². The van der Waals surface area contributed by atoms with E-state index in [1.54, 1.807) is 0 Å². The Hall–Kier alpha value is 0.440. The second-order valence-electron chi connectivity index (χ2n) is 3.98. The molecule has 1 fully saturated rings. The zero-order chi connectivity index (χ0) is 7.99. The molecule has 1 aliphatic carbocycles. The molecule has 0 spiro atoms. The standard InChI is InChI=1S/C8H15BrO/c1-7(2)6(9)8(7,3)4-5-10/h6,10H,4-5H2,1-3H3. The van der Waals surface area contributed by atoms with Gasteiger partial charge in [0.25, 0.3) is 0 Å². The number of alkyl halides is 1. The van der Waals surface area contributed by atoms with Crippen molar-refractivity contribution >= 4 is 15.9 Å². The average molecular weight is 207 g/mol. The van der Waals surface area contributed by atoms with Crippen LogP contribution >= 0.6 is 15.9 Å². The molecule has 0 radical (unpaired) electrons. The summed E-state index contributed by atoms with van der Waals surface area (Å²) < 4.78 is 0. The Labute approximate surface area is 70.9 Å². The molecule has 1 aliphatic rings. The number of rotatable bonds is 2. The maximum absolute atomic E-state index is 8.77. The number of aliphatic hydroxyl groups is 1. The van der Waals surface area contributed by atoms with Crippen LogP contribution in [0.5, 0.6) is 0 Å². The first-order valence-electron chi connectivity index (χ1n) is 3.72. The Morgan fingerprint density at radius 1 is 1.40 bits per heavy atom. The molecule has 60 valence electrons. The first-order chi connectivity index (χ1) is 4.47. The lowest BCUT2D eigenvalue weighted by atomic mass is 9.95. The van der Waals surface area contributed by atoms with Gasteiger partial charge in [0.2, 0.25) is 0 Å². The molecular formula is C8H15BrO. The Balaban J connectivity index is 2.59. The van der Waals surface area contributed by atoms with Crippen molar-refractivity contribution in [2.45, 2.75) is 32.0 Å². The molecule has 1 N–H and O–H groups in total. The number of aliphatic hydroxyl groups excluding tert-OH is 1. The molecule has 0 amide bonds. The van der Waals surface area contributed by atoms with E-state index in [1.807, 2.05) is 0 Å². The molecule has 0 aliphatic heterocycles. The highest BCUT2D eigenvalue weighted by molar-refractivity contribution is 9.09. The zero-order valence-electron chi connectivity index (χ0n) is 6.82. The predicted octanol–water partition coefficient (Wildman–Crippen LogP) is 2.18. The van der Waals surface area contributed by atoms with Crippen LogP contribution in [0.2, 0.25) is 0 Å². The van der Waals surface area contributed by atoms with Crippen LogP contribution in [0.15, 0.2) is 0 Å². The largest absolute Gasteiger partial charge is 0.396 e. The second kappa shape index (κ2) is 2.21. The molecule has 2 atom stereocenters. The minimum atomic E-state index is 0.308. The van der Waals surface area contributed by atoms with Crippen molar-refractivity contribution in [2.75, 3.05) is 6.61 Å². The minimum absolute atomic E-state index is 0.308. The smallest absolute Gasteiger partial charge is 0.0436 e. The summed E-state index contributed by atoms with van der Waals surface area (Å²) in [6.45, 7) is 7.01. The van der Waals surface area contributed by atoms with E-state index >= 15 is 0 Å². The normalized spacial score (nSPS) is 43.5. The van der Waals surface area contributed by atoms with Crippen LogP contribution < -0.4 is 0 Å². The highest BCUT2D eigenvalue weighted by Crippen LogP contribution is 2.68. The molecule has 0 heterocycles. The molecule has 1 rings (SSSR count). The van der Waals surface area contributed by atoms with Gasteiger partial charge in [-0.15, -0.1) is 0 Å². The Morgan fingerprint density at radius 2 is 1.80 bits per heavy atom. The predicted molar refractivity (Wildman–Crippen MR) is 46.3 cm³/mol. The van der Waals surface area contributed by atoms with Crippen LogP contribution in [0.25, 0.3) is 0 Å². The van der Waals surface area contributed by atoms with Crippen LogP contribution in [0.1, 0.15) is 27.2 Å². The van der Waals surface area contributed by atoms with E-state index in [9.17, 15) is 0 Å². The van der Waals surface area contributed by atoms with Crippen molar-refractivity contribution in [3.05, 3.63) is 0 Å². The summed E-state index contributed by atoms with van der Waals surface area (Å²) in [4.78, 5) is 0.583. The lowest BCUT2D eigenvalue weighted by molar-refractivity contribution is 0.237. The van der Waals surface area contributed by atoms with Crippen molar-refractivity contribution in [1.29, 1.82) is 0 Å². The third-order valence-corrected chi connectivity index (χ3v) is 5.37. The topological polar surface area (TPSA) is 20.2 Å². The molecule has 2 unspecified atom stereocenters. The fourth-order valence-corrected chi connectivity index (χ4v) is 2.88. The van der Waals surface area contributed by atoms with E-state index in [4.69, 9.17) is 5.11 Å². The Morgan fingerprint density at radius 3 is 1.90 bits per heavy atom. The Kier molecular flexibility index (Phi) is 1.89. The van der Waals surface area contributed by atoms with E-state index < -0.39 is 0 Å². The van der Waals surface area contributed by atoms with Gasteiger partial charge in [-0.3, -0.25) is 0 Å². The third kappa shape index (κ3) is 0.850. The van der Waals surface area contributed by atoms with Gasteiger partial charge in [-0.1, -0.05) is 36.7 Å². The minimum Gasteiger partial charge on any atom is -0.396 e. The molecule has 1 nitrogen and oxygen atoms in total. The van der Waals surface area contributed by atoms with Crippen molar-refractivity contribution in [3.8, 4) is 0 Å². The van der Waals surface area contributed by atoms with Crippen LogP contribution in [0.4, 0.5) is 0 Å². The van der Waals surface area contributed by atoms with E-state index in [-0.39, 0.29) is 0 Å². The van der Waals surface area contributed by atoms with E-state index in [0.29, 0.717) is 22.3 Å². The zero-order valence-corrected chi connectivity index (χ0v) is 8.40. The first-order valence-corrected chi connectivity index (χ1v) is 4.63. The highest BCUT2D eigenvalue weighted by Gasteiger charge is 2.65. The third-order valence-electron chi connectivity index (χ3n) is 3.21. The fourth-order valence-electron chi connectivity index (χ4n) is 1.68. The van der Waals surface area contributed by atoms with Crippen molar-refractivity contribution in [1.82, 2.24) is 0 Å². The van der Waals surface area contributed by atoms with E-state index in [1.165, 1.54) is 0 Å².